The van der Waals surface area contributed by atoms with Crippen LogP contribution in [0.5, 0.6) is 0 Å². The molecule has 3 heterocycles. The maximum atomic E-state index is 5.62. The van der Waals surface area contributed by atoms with Gasteiger partial charge < -0.3 is 10.1 Å². The Kier molecular flexibility index (Phi) is 3.97. The minimum Gasteiger partial charge on any atom is -0.378 e. The number of ether oxygens (including phenoxy) is 1. The molecule has 3 rings (SSSR count). The SMILES string of the molecule is Cc1ccncc1CNc1cnn(CC2CCCO2)c1. The van der Waals surface area contributed by atoms with Gasteiger partial charge in [0, 0.05) is 31.7 Å². The Morgan fingerprint density at radius 1 is 1.45 bits per heavy atom. The van der Waals surface area contributed by atoms with Gasteiger partial charge in [-0.25, -0.2) is 0 Å². The molecule has 20 heavy (non-hydrogen) atoms. The van der Waals surface area contributed by atoms with Gasteiger partial charge in [0.1, 0.15) is 0 Å². The molecule has 2 aromatic rings. The lowest BCUT2D eigenvalue weighted by molar-refractivity contribution is 0.0940. The molecule has 1 aliphatic rings. The number of anilines is 1. The molecule has 0 bridgehead atoms. The molecule has 2 aromatic heterocycles. The molecule has 1 N–H and O–H groups in total. The standard InChI is InChI=1S/C15H20N4O/c1-12-4-5-16-7-13(12)8-17-14-9-18-19(10-14)11-15-3-2-6-20-15/h4-5,7,9-10,15,17H,2-3,6,8,11H2,1H3. The van der Waals surface area contributed by atoms with E-state index >= 15 is 0 Å². The Balaban J connectivity index is 1.56. The Morgan fingerprint density at radius 2 is 2.40 bits per heavy atom. The zero-order chi connectivity index (χ0) is 13.8. The first kappa shape index (κ1) is 13.1. The average Bonchev–Trinajstić information content (AvgIpc) is 3.10. The molecule has 5 heteroatoms. The van der Waals surface area contributed by atoms with E-state index in [2.05, 4.69) is 22.3 Å². The van der Waals surface area contributed by atoms with Crippen LogP contribution in [0.25, 0.3) is 0 Å². The zero-order valence-electron chi connectivity index (χ0n) is 11.7. The molecule has 1 fully saturated rings. The molecule has 0 radical (unpaired) electrons. The number of nitrogens with zero attached hydrogens (tertiary/aromatic N) is 3. The van der Waals surface area contributed by atoms with Crippen LogP contribution in [0.3, 0.4) is 0 Å². The van der Waals surface area contributed by atoms with E-state index in [4.69, 9.17) is 4.74 Å². The highest BCUT2D eigenvalue weighted by Crippen LogP contribution is 2.15. The average molecular weight is 272 g/mol. The quantitative estimate of drug-likeness (QED) is 0.908. The summed E-state index contributed by atoms with van der Waals surface area (Å²) < 4.78 is 7.57. The van der Waals surface area contributed by atoms with E-state index in [1.165, 1.54) is 11.1 Å². The van der Waals surface area contributed by atoms with Crippen molar-refractivity contribution in [3.8, 4) is 0 Å². The van der Waals surface area contributed by atoms with Gasteiger partial charge in [-0.1, -0.05) is 0 Å². The third kappa shape index (κ3) is 3.17. The predicted molar refractivity (Wildman–Crippen MR) is 77.5 cm³/mol. The van der Waals surface area contributed by atoms with Crippen LogP contribution in [-0.2, 0) is 17.8 Å². The van der Waals surface area contributed by atoms with Gasteiger partial charge in [-0.15, -0.1) is 0 Å². The first-order valence-electron chi connectivity index (χ1n) is 7.09. The lowest BCUT2D eigenvalue weighted by Crippen LogP contribution is -2.15. The van der Waals surface area contributed by atoms with Crippen LogP contribution < -0.4 is 5.32 Å². The summed E-state index contributed by atoms with van der Waals surface area (Å²) in [5, 5.41) is 7.76. The molecular formula is C15H20N4O. The second-order valence-electron chi connectivity index (χ2n) is 5.24. The normalized spacial score (nSPS) is 18.4. The van der Waals surface area contributed by atoms with Crippen LogP contribution >= 0.6 is 0 Å². The molecule has 0 amide bonds. The highest BCUT2D eigenvalue weighted by atomic mass is 16.5. The molecule has 1 unspecified atom stereocenters. The highest BCUT2D eigenvalue weighted by molar-refractivity contribution is 5.39. The minimum absolute atomic E-state index is 0.323. The van der Waals surface area contributed by atoms with Crippen molar-refractivity contribution in [2.24, 2.45) is 0 Å². The Hall–Kier alpha value is -1.88. The number of pyridine rings is 1. The number of aromatic nitrogens is 3. The molecule has 0 spiro atoms. The van der Waals surface area contributed by atoms with Crippen LogP contribution in [0, 0.1) is 6.92 Å². The van der Waals surface area contributed by atoms with E-state index in [1.54, 1.807) is 0 Å². The van der Waals surface area contributed by atoms with Gasteiger partial charge in [-0.2, -0.15) is 5.10 Å². The number of aryl methyl sites for hydroxylation is 1. The fourth-order valence-electron chi connectivity index (χ4n) is 2.43. The van der Waals surface area contributed by atoms with Crippen molar-refractivity contribution < 1.29 is 4.74 Å². The maximum absolute atomic E-state index is 5.62. The van der Waals surface area contributed by atoms with Gasteiger partial charge in [0.05, 0.1) is 24.5 Å². The fraction of sp³-hybridized carbons (Fsp3) is 0.467. The monoisotopic (exact) mass is 272 g/mol. The minimum atomic E-state index is 0.323. The third-order valence-corrected chi connectivity index (χ3v) is 3.68. The third-order valence-electron chi connectivity index (χ3n) is 3.68. The van der Waals surface area contributed by atoms with Crippen LogP contribution in [0.15, 0.2) is 30.9 Å². The molecule has 1 atom stereocenters. The second-order valence-corrected chi connectivity index (χ2v) is 5.24. The van der Waals surface area contributed by atoms with E-state index in [9.17, 15) is 0 Å². The van der Waals surface area contributed by atoms with Gasteiger partial charge in [0.2, 0.25) is 0 Å². The molecule has 0 aliphatic carbocycles. The first-order valence-corrected chi connectivity index (χ1v) is 7.09. The maximum Gasteiger partial charge on any atom is 0.0771 e. The van der Waals surface area contributed by atoms with Crippen molar-refractivity contribution in [1.29, 1.82) is 0 Å². The topological polar surface area (TPSA) is 52.0 Å². The van der Waals surface area contributed by atoms with Crippen molar-refractivity contribution in [3.63, 3.8) is 0 Å². The second kappa shape index (κ2) is 6.05. The Morgan fingerprint density at radius 3 is 3.20 bits per heavy atom. The van der Waals surface area contributed by atoms with E-state index in [0.717, 1.165) is 38.2 Å². The summed E-state index contributed by atoms with van der Waals surface area (Å²) >= 11 is 0. The van der Waals surface area contributed by atoms with Crippen molar-refractivity contribution in [2.45, 2.75) is 39.0 Å². The van der Waals surface area contributed by atoms with E-state index in [-0.39, 0.29) is 0 Å². The summed E-state index contributed by atoms with van der Waals surface area (Å²) in [7, 11) is 0. The van der Waals surface area contributed by atoms with E-state index in [1.807, 2.05) is 35.5 Å². The number of hydrogen-bond donors (Lipinski definition) is 1. The smallest absolute Gasteiger partial charge is 0.0771 e. The summed E-state index contributed by atoms with van der Waals surface area (Å²) in [5.41, 5.74) is 3.49. The van der Waals surface area contributed by atoms with Gasteiger partial charge >= 0.3 is 0 Å². The van der Waals surface area contributed by atoms with Gasteiger partial charge in [-0.05, 0) is 37.0 Å². The summed E-state index contributed by atoms with van der Waals surface area (Å²) in [6.45, 7) is 4.59. The fourth-order valence-corrected chi connectivity index (χ4v) is 2.43. The number of rotatable bonds is 5. The number of hydrogen-bond acceptors (Lipinski definition) is 4. The molecular weight excluding hydrogens is 252 g/mol. The molecule has 0 aromatic carbocycles. The van der Waals surface area contributed by atoms with Gasteiger partial charge in [-0.3, -0.25) is 9.67 Å². The molecule has 1 aliphatic heterocycles. The largest absolute Gasteiger partial charge is 0.378 e. The van der Waals surface area contributed by atoms with Crippen LogP contribution in [0.1, 0.15) is 24.0 Å². The number of nitrogens with one attached hydrogen (secondary N) is 1. The molecule has 106 valence electrons. The molecule has 1 saturated heterocycles. The van der Waals surface area contributed by atoms with Crippen molar-refractivity contribution in [1.82, 2.24) is 14.8 Å². The van der Waals surface area contributed by atoms with Crippen LogP contribution in [-0.4, -0.2) is 27.5 Å². The predicted octanol–water partition coefficient (Wildman–Crippen LogP) is 2.38. The van der Waals surface area contributed by atoms with Crippen molar-refractivity contribution in [3.05, 3.63) is 42.0 Å². The molecule has 0 saturated carbocycles. The zero-order valence-corrected chi connectivity index (χ0v) is 11.7. The molecule has 5 nitrogen and oxygen atoms in total. The van der Waals surface area contributed by atoms with E-state index in [0.29, 0.717) is 6.10 Å². The van der Waals surface area contributed by atoms with Crippen LogP contribution in [0.4, 0.5) is 5.69 Å². The van der Waals surface area contributed by atoms with Gasteiger partial charge in [0.25, 0.3) is 0 Å². The summed E-state index contributed by atoms with van der Waals surface area (Å²) in [6, 6.07) is 2.03. The van der Waals surface area contributed by atoms with Crippen LogP contribution in [0.2, 0.25) is 0 Å². The highest BCUT2D eigenvalue weighted by Gasteiger charge is 2.16. The van der Waals surface area contributed by atoms with Crippen molar-refractivity contribution in [2.75, 3.05) is 11.9 Å². The Bertz CT molecular complexity index is 561. The summed E-state index contributed by atoms with van der Waals surface area (Å²) in [4.78, 5) is 4.15. The Labute approximate surface area is 119 Å². The van der Waals surface area contributed by atoms with Crippen molar-refractivity contribution >= 4 is 5.69 Å². The summed E-state index contributed by atoms with van der Waals surface area (Å²) in [5.74, 6) is 0. The lowest BCUT2D eigenvalue weighted by Gasteiger charge is -2.08. The first-order chi connectivity index (χ1) is 9.81. The van der Waals surface area contributed by atoms with Gasteiger partial charge in [0.15, 0.2) is 0 Å². The van der Waals surface area contributed by atoms with E-state index < -0.39 is 0 Å². The summed E-state index contributed by atoms with van der Waals surface area (Å²) in [6.07, 6.45) is 10.2. The lowest BCUT2D eigenvalue weighted by atomic mass is 10.1.